The van der Waals surface area contributed by atoms with Crippen molar-refractivity contribution in [2.75, 3.05) is 26.4 Å². The van der Waals surface area contributed by atoms with Crippen molar-refractivity contribution in [2.24, 2.45) is 0 Å². The Morgan fingerprint density at radius 1 is 0.607 bits per heavy atom. The summed E-state index contributed by atoms with van der Waals surface area (Å²) in [4.78, 5) is 35.0. The lowest BCUT2D eigenvalue weighted by atomic mass is 10.0. The summed E-state index contributed by atoms with van der Waals surface area (Å²) in [6, 6.07) is 0. The number of phosphoric ester groups is 1. The molecule has 0 aromatic rings. The third kappa shape index (κ3) is 38.7. The van der Waals surface area contributed by atoms with Crippen molar-refractivity contribution in [3.8, 4) is 0 Å². The van der Waals surface area contributed by atoms with E-state index in [2.05, 4.69) is 42.7 Å². The van der Waals surface area contributed by atoms with E-state index in [-0.39, 0.29) is 12.8 Å². The van der Waals surface area contributed by atoms with Gasteiger partial charge in [-0.05, 0) is 44.9 Å². The molecule has 0 heterocycles. The van der Waals surface area contributed by atoms with Gasteiger partial charge in [0.05, 0.1) is 25.9 Å². The number of hydrogen-bond donors (Lipinski definition) is 4. The number of rotatable bonds is 40. The highest BCUT2D eigenvalue weighted by Crippen LogP contribution is 2.43. The number of esters is 2. The second-order valence-electron chi connectivity index (χ2n) is 14.6. The molecule has 1 unspecified atom stereocenters. The summed E-state index contributed by atoms with van der Waals surface area (Å²) >= 11 is 0. The third-order valence-electron chi connectivity index (χ3n) is 9.09. The summed E-state index contributed by atoms with van der Waals surface area (Å²) in [6.07, 6.45) is 38.2. The second-order valence-corrected chi connectivity index (χ2v) is 16.0. The average Bonchev–Trinajstić information content (AvgIpc) is 3.18. The molecule has 0 fully saturated rings. The zero-order valence-corrected chi connectivity index (χ0v) is 35.8. The molecule has 0 radical (unpaired) electrons. The van der Waals surface area contributed by atoms with Gasteiger partial charge in [0.25, 0.3) is 0 Å². The zero-order chi connectivity index (χ0) is 41.4. The van der Waals surface area contributed by atoms with Crippen LogP contribution in [0.15, 0.2) is 48.6 Å². The van der Waals surface area contributed by atoms with Gasteiger partial charge in [-0.15, -0.1) is 0 Å². The Morgan fingerprint density at radius 2 is 1.12 bits per heavy atom. The largest absolute Gasteiger partial charge is 0.472 e. The van der Waals surface area contributed by atoms with Crippen LogP contribution in [0.25, 0.3) is 0 Å². The molecule has 0 aliphatic rings. The molecule has 4 N–H and O–H groups in total. The fourth-order valence-electron chi connectivity index (χ4n) is 5.68. The van der Waals surface area contributed by atoms with Crippen LogP contribution in [0.1, 0.15) is 174 Å². The van der Waals surface area contributed by atoms with Gasteiger partial charge >= 0.3 is 19.8 Å². The Hall–Kier alpha value is -2.11. The molecule has 0 bridgehead atoms. The quantitative estimate of drug-likeness (QED) is 0.0153. The van der Waals surface area contributed by atoms with E-state index in [1.54, 1.807) is 12.2 Å². The topological polar surface area (TPSA) is 169 Å². The van der Waals surface area contributed by atoms with Gasteiger partial charge in [0.15, 0.2) is 6.10 Å². The van der Waals surface area contributed by atoms with Crippen LogP contribution in [0.4, 0.5) is 0 Å². The molecular weight excluding hydrogens is 735 g/mol. The van der Waals surface area contributed by atoms with E-state index in [9.17, 15) is 29.3 Å². The van der Waals surface area contributed by atoms with Gasteiger partial charge in [-0.3, -0.25) is 18.6 Å². The molecule has 11 nitrogen and oxygen atoms in total. The van der Waals surface area contributed by atoms with E-state index in [1.165, 1.54) is 89.9 Å². The number of aliphatic hydroxyl groups excluding tert-OH is 3. The Bertz CT molecular complexity index is 1090. The second kappa shape index (κ2) is 39.7. The molecule has 56 heavy (non-hydrogen) atoms. The molecule has 4 atom stereocenters. The predicted molar refractivity (Wildman–Crippen MR) is 225 cm³/mol. The highest BCUT2D eigenvalue weighted by atomic mass is 31.2. The third-order valence-corrected chi connectivity index (χ3v) is 10.0. The minimum atomic E-state index is -4.66. The van der Waals surface area contributed by atoms with Gasteiger partial charge in [0.1, 0.15) is 12.7 Å². The van der Waals surface area contributed by atoms with Gasteiger partial charge in [-0.25, -0.2) is 4.57 Å². The summed E-state index contributed by atoms with van der Waals surface area (Å²) < 4.78 is 32.6. The molecule has 0 amide bonds. The highest BCUT2D eigenvalue weighted by Gasteiger charge is 2.27. The van der Waals surface area contributed by atoms with E-state index in [0.717, 1.165) is 38.5 Å². The summed E-state index contributed by atoms with van der Waals surface area (Å²) in [5, 5.41) is 28.6. The Balaban J connectivity index is 4.48. The zero-order valence-electron chi connectivity index (χ0n) is 35.0. The van der Waals surface area contributed by atoms with Crippen LogP contribution in [0, 0.1) is 0 Å². The molecule has 326 valence electrons. The lowest BCUT2D eigenvalue weighted by Crippen LogP contribution is -2.30. The average molecular weight is 815 g/mol. The number of carbonyl (C=O) groups excluding carboxylic acids is 2. The Labute approximate surface area is 339 Å². The molecule has 0 aliphatic heterocycles. The van der Waals surface area contributed by atoms with E-state index in [0.29, 0.717) is 19.3 Å². The molecule has 0 aromatic carbocycles. The summed E-state index contributed by atoms with van der Waals surface area (Å²) in [7, 11) is -4.66. The van der Waals surface area contributed by atoms with Gasteiger partial charge in [0.2, 0.25) is 0 Å². The molecule has 0 rings (SSSR count). The molecule has 0 saturated heterocycles. The minimum Gasteiger partial charge on any atom is -0.462 e. The van der Waals surface area contributed by atoms with Crippen LogP contribution in [0.5, 0.6) is 0 Å². The normalized spacial score (nSPS) is 14.9. The number of allylic oxidation sites excluding steroid dienone is 7. The van der Waals surface area contributed by atoms with Crippen molar-refractivity contribution < 1.29 is 52.9 Å². The van der Waals surface area contributed by atoms with Gasteiger partial charge in [0, 0.05) is 12.8 Å². The maximum absolute atomic E-state index is 12.6. The fraction of sp³-hybridized carbons (Fsp3) is 0.773. The monoisotopic (exact) mass is 815 g/mol. The van der Waals surface area contributed by atoms with Crippen LogP contribution < -0.4 is 0 Å². The molecular formula is C44H79O11P. The number of ether oxygens (including phenoxy) is 2. The molecule has 0 spiro atoms. The number of unbranched alkanes of at least 4 members (excludes halogenated alkanes) is 17. The van der Waals surface area contributed by atoms with Crippen molar-refractivity contribution in [1.82, 2.24) is 0 Å². The van der Waals surface area contributed by atoms with Crippen LogP contribution in [0.3, 0.4) is 0 Å². The van der Waals surface area contributed by atoms with E-state index in [1.807, 2.05) is 12.2 Å². The fourth-order valence-corrected chi connectivity index (χ4v) is 6.47. The Kier molecular flexibility index (Phi) is 38.2. The number of aliphatic hydroxyl groups is 3. The maximum Gasteiger partial charge on any atom is 0.472 e. The first-order chi connectivity index (χ1) is 27.1. The lowest BCUT2D eigenvalue weighted by molar-refractivity contribution is -0.161. The molecule has 0 aromatic heterocycles. The van der Waals surface area contributed by atoms with Crippen molar-refractivity contribution in [2.45, 2.75) is 193 Å². The predicted octanol–water partition coefficient (Wildman–Crippen LogP) is 10.3. The van der Waals surface area contributed by atoms with E-state index in [4.69, 9.17) is 19.1 Å². The molecule has 0 saturated carbocycles. The SMILES string of the molecule is CCCCC/C=C\C/C=C\C/C=C\C=C\[C@@H](O)CCCC(=O)OC[C@H](COP(=O)(O)OC[C@@H](O)CO)OC(=O)CCCCCCCCCCCCCCCCC. The molecule has 0 aliphatic carbocycles. The van der Waals surface area contributed by atoms with E-state index >= 15 is 0 Å². The first-order valence-corrected chi connectivity index (χ1v) is 23.2. The number of phosphoric acid groups is 1. The summed E-state index contributed by atoms with van der Waals surface area (Å²) in [5.41, 5.74) is 0. The van der Waals surface area contributed by atoms with Crippen LogP contribution >= 0.6 is 7.82 Å². The van der Waals surface area contributed by atoms with Crippen LogP contribution in [0.2, 0.25) is 0 Å². The van der Waals surface area contributed by atoms with Crippen molar-refractivity contribution in [3.63, 3.8) is 0 Å². The smallest absolute Gasteiger partial charge is 0.462 e. The van der Waals surface area contributed by atoms with Gasteiger partial charge in [-0.1, -0.05) is 165 Å². The van der Waals surface area contributed by atoms with Gasteiger partial charge < -0.3 is 29.7 Å². The van der Waals surface area contributed by atoms with Crippen molar-refractivity contribution in [3.05, 3.63) is 48.6 Å². The maximum atomic E-state index is 12.6. The highest BCUT2D eigenvalue weighted by molar-refractivity contribution is 7.47. The van der Waals surface area contributed by atoms with E-state index < -0.39 is 64.5 Å². The molecule has 12 heteroatoms. The van der Waals surface area contributed by atoms with Crippen LogP contribution in [-0.4, -0.2) is 76.9 Å². The Morgan fingerprint density at radius 3 is 1.73 bits per heavy atom. The summed E-state index contributed by atoms with van der Waals surface area (Å²) in [6.45, 7) is 2.13. The van der Waals surface area contributed by atoms with Gasteiger partial charge in [-0.2, -0.15) is 0 Å². The number of carbonyl (C=O) groups is 2. The van der Waals surface area contributed by atoms with Crippen molar-refractivity contribution >= 4 is 19.8 Å². The first-order valence-electron chi connectivity index (χ1n) is 21.7. The lowest BCUT2D eigenvalue weighted by Gasteiger charge is -2.20. The first kappa shape index (κ1) is 53.9. The minimum absolute atomic E-state index is 0.0138. The van der Waals surface area contributed by atoms with Crippen LogP contribution in [-0.2, 0) is 32.7 Å². The summed E-state index contributed by atoms with van der Waals surface area (Å²) in [5.74, 6) is -1.12. The van der Waals surface area contributed by atoms with Crippen molar-refractivity contribution in [1.29, 1.82) is 0 Å². The number of hydrogen-bond acceptors (Lipinski definition) is 10. The standard InChI is InChI=1S/C44H79O11P/c1-3-5-7-9-11-13-15-17-18-20-22-24-26-28-30-34-44(49)55-42(39-54-56(50,51)53-37-41(47)36-45)38-52-43(48)35-31-33-40(46)32-29-27-25-23-21-19-16-14-12-10-8-6-4-2/h12,14,19,21,25,27,29,32,40-42,45-47H,3-11,13,15-18,20,22-24,26,28,30-31,33-39H2,1-2H3,(H,50,51)/b14-12-,21-19-,27-25-,32-29+/t40-,41+,42-/m1/s1.